The minimum atomic E-state index is -3.54. The number of thioether (sulfide) groups is 1. The quantitative estimate of drug-likeness (QED) is 0.857. The van der Waals surface area contributed by atoms with Crippen LogP contribution in [0.15, 0.2) is 52.3 Å². The van der Waals surface area contributed by atoms with Crippen LogP contribution in [0.5, 0.6) is 0 Å². The highest BCUT2D eigenvalue weighted by Gasteiger charge is 2.18. The largest absolute Gasteiger partial charge is 0.278 e. The van der Waals surface area contributed by atoms with E-state index in [0.717, 1.165) is 24.2 Å². The summed E-state index contributed by atoms with van der Waals surface area (Å²) in [5.74, 6) is 0. The van der Waals surface area contributed by atoms with E-state index < -0.39 is 10.0 Å². The van der Waals surface area contributed by atoms with Gasteiger partial charge in [0, 0.05) is 4.90 Å². The molecule has 0 saturated heterocycles. The molecule has 0 saturated carbocycles. The zero-order valence-corrected chi connectivity index (χ0v) is 14.1. The van der Waals surface area contributed by atoms with E-state index in [9.17, 15) is 8.42 Å². The van der Waals surface area contributed by atoms with Crippen LogP contribution in [-0.4, -0.2) is 14.7 Å². The number of hydrogen-bond acceptors (Lipinski definition) is 3. The second-order valence-electron chi connectivity index (χ2n) is 5.44. The van der Waals surface area contributed by atoms with Gasteiger partial charge in [0.15, 0.2) is 0 Å². The SMILES string of the molecule is CSc1ccccc1NS(=O)(=O)c1ccc2c(c1)CCCC2. The van der Waals surface area contributed by atoms with Gasteiger partial charge in [-0.15, -0.1) is 11.8 Å². The molecule has 0 aliphatic heterocycles. The molecule has 0 spiro atoms. The van der Waals surface area contributed by atoms with E-state index >= 15 is 0 Å². The van der Waals surface area contributed by atoms with E-state index in [4.69, 9.17) is 0 Å². The van der Waals surface area contributed by atoms with Crippen LogP contribution < -0.4 is 4.72 Å². The van der Waals surface area contributed by atoms with E-state index in [1.807, 2.05) is 36.6 Å². The fourth-order valence-corrected chi connectivity index (χ4v) is 4.56. The van der Waals surface area contributed by atoms with Crippen molar-refractivity contribution in [1.82, 2.24) is 0 Å². The zero-order valence-electron chi connectivity index (χ0n) is 12.5. The van der Waals surface area contributed by atoms with Crippen LogP contribution >= 0.6 is 11.8 Å². The molecule has 0 unspecified atom stereocenters. The first-order valence-corrected chi connectivity index (χ1v) is 10.1. The fraction of sp³-hybridized carbons (Fsp3) is 0.294. The Morgan fingerprint density at radius 2 is 1.73 bits per heavy atom. The molecule has 2 aromatic rings. The van der Waals surface area contributed by atoms with Crippen LogP contribution in [0.2, 0.25) is 0 Å². The van der Waals surface area contributed by atoms with Gasteiger partial charge < -0.3 is 0 Å². The van der Waals surface area contributed by atoms with E-state index in [0.29, 0.717) is 10.6 Å². The summed E-state index contributed by atoms with van der Waals surface area (Å²) >= 11 is 1.53. The first kappa shape index (κ1) is 15.4. The molecule has 116 valence electrons. The van der Waals surface area contributed by atoms with Gasteiger partial charge in [-0.3, -0.25) is 4.72 Å². The summed E-state index contributed by atoms with van der Waals surface area (Å²) in [7, 11) is -3.54. The van der Waals surface area contributed by atoms with Crippen LogP contribution in [0.25, 0.3) is 0 Å². The Kier molecular flexibility index (Phi) is 4.45. The van der Waals surface area contributed by atoms with Gasteiger partial charge in [0.1, 0.15) is 0 Å². The van der Waals surface area contributed by atoms with Crippen LogP contribution in [-0.2, 0) is 22.9 Å². The summed E-state index contributed by atoms with van der Waals surface area (Å²) in [6.45, 7) is 0. The number of fused-ring (bicyclic) bond motifs is 1. The number of benzene rings is 2. The van der Waals surface area contributed by atoms with Crippen molar-refractivity contribution in [1.29, 1.82) is 0 Å². The Balaban J connectivity index is 1.93. The summed E-state index contributed by atoms with van der Waals surface area (Å²) in [5, 5.41) is 0. The Morgan fingerprint density at radius 1 is 1.00 bits per heavy atom. The summed E-state index contributed by atoms with van der Waals surface area (Å²) in [6.07, 6.45) is 6.29. The van der Waals surface area contributed by atoms with Gasteiger partial charge in [0.2, 0.25) is 0 Å². The second-order valence-corrected chi connectivity index (χ2v) is 7.97. The van der Waals surface area contributed by atoms with E-state index in [-0.39, 0.29) is 0 Å². The third-order valence-corrected chi connectivity index (χ3v) is 6.14. The molecule has 0 aromatic heterocycles. The first-order valence-electron chi connectivity index (χ1n) is 7.38. The van der Waals surface area contributed by atoms with Crippen molar-refractivity contribution in [2.45, 2.75) is 35.5 Å². The van der Waals surface area contributed by atoms with Gasteiger partial charge in [-0.25, -0.2) is 8.42 Å². The average molecular weight is 333 g/mol. The number of sulfonamides is 1. The zero-order chi connectivity index (χ0) is 15.6. The smallest absolute Gasteiger partial charge is 0.261 e. The molecule has 1 aliphatic rings. The van der Waals surface area contributed by atoms with Crippen molar-refractivity contribution < 1.29 is 8.42 Å². The molecule has 1 N–H and O–H groups in total. The Bertz CT molecular complexity index is 785. The molecule has 22 heavy (non-hydrogen) atoms. The van der Waals surface area contributed by atoms with Crippen LogP contribution in [0.4, 0.5) is 5.69 Å². The molecular formula is C17H19NO2S2. The van der Waals surface area contributed by atoms with Crippen LogP contribution in [0, 0.1) is 0 Å². The molecule has 0 heterocycles. The molecular weight excluding hydrogens is 314 g/mol. The molecule has 0 fully saturated rings. The summed E-state index contributed by atoms with van der Waals surface area (Å²) < 4.78 is 28.0. The molecule has 0 radical (unpaired) electrons. The van der Waals surface area contributed by atoms with E-state index in [1.165, 1.54) is 29.3 Å². The van der Waals surface area contributed by atoms with Gasteiger partial charge in [0.05, 0.1) is 10.6 Å². The monoisotopic (exact) mass is 333 g/mol. The fourth-order valence-electron chi connectivity index (χ4n) is 2.81. The average Bonchev–Trinajstić information content (AvgIpc) is 2.54. The number of rotatable bonds is 4. The van der Waals surface area contributed by atoms with Crippen molar-refractivity contribution >= 4 is 27.5 Å². The number of nitrogens with one attached hydrogen (secondary N) is 1. The summed E-state index contributed by atoms with van der Waals surface area (Å²) in [6, 6.07) is 13.0. The lowest BCUT2D eigenvalue weighted by molar-refractivity contribution is 0.600. The maximum absolute atomic E-state index is 12.6. The minimum absolute atomic E-state index is 0.351. The molecule has 0 amide bonds. The minimum Gasteiger partial charge on any atom is -0.278 e. The first-order chi connectivity index (χ1) is 10.6. The van der Waals surface area contributed by atoms with Crippen LogP contribution in [0.3, 0.4) is 0 Å². The summed E-state index contributed by atoms with van der Waals surface area (Å²) in [4.78, 5) is 1.27. The van der Waals surface area contributed by atoms with Crippen molar-refractivity contribution in [3.8, 4) is 0 Å². The Hall–Kier alpha value is -1.46. The van der Waals surface area contributed by atoms with Crippen LogP contribution in [0.1, 0.15) is 24.0 Å². The van der Waals surface area contributed by atoms with Crippen molar-refractivity contribution in [2.75, 3.05) is 11.0 Å². The maximum atomic E-state index is 12.6. The predicted molar refractivity (Wildman–Crippen MR) is 92.1 cm³/mol. The number of para-hydroxylation sites is 1. The lowest BCUT2D eigenvalue weighted by Gasteiger charge is -2.17. The molecule has 0 bridgehead atoms. The maximum Gasteiger partial charge on any atom is 0.261 e. The Morgan fingerprint density at radius 3 is 2.50 bits per heavy atom. The van der Waals surface area contributed by atoms with Gasteiger partial charge in [-0.2, -0.15) is 0 Å². The number of anilines is 1. The molecule has 0 atom stereocenters. The Labute approximate surface area is 136 Å². The second kappa shape index (κ2) is 6.34. The van der Waals surface area contributed by atoms with E-state index in [2.05, 4.69) is 4.72 Å². The molecule has 2 aromatic carbocycles. The van der Waals surface area contributed by atoms with Crippen molar-refractivity contribution in [3.05, 3.63) is 53.6 Å². The van der Waals surface area contributed by atoms with Gasteiger partial charge in [-0.05, 0) is 67.3 Å². The highest BCUT2D eigenvalue weighted by atomic mass is 32.2. The third-order valence-electron chi connectivity index (χ3n) is 3.98. The number of hydrogen-bond donors (Lipinski definition) is 1. The van der Waals surface area contributed by atoms with Crippen molar-refractivity contribution in [3.63, 3.8) is 0 Å². The molecule has 3 rings (SSSR count). The third kappa shape index (κ3) is 3.15. The molecule has 3 nitrogen and oxygen atoms in total. The molecule has 5 heteroatoms. The van der Waals surface area contributed by atoms with Gasteiger partial charge in [0.25, 0.3) is 10.0 Å². The molecule has 1 aliphatic carbocycles. The van der Waals surface area contributed by atoms with Gasteiger partial charge >= 0.3 is 0 Å². The topological polar surface area (TPSA) is 46.2 Å². The van der Waals surface area contributed by atoms with E-state index in [1.54, 1.807) is 12.1 Å². The lowest BCUT2D eigenvalue weighted by Crippen LogP contribution is -2.15. The standard InChI is InChI=1S/C17H19NO2S2/c1-21-17-9-5-4-8-16(17)18-22(19,20)15-11-10-13-6-2-3-7-14(13)12-15/h4-5,8-12,18H,2-3,6-7H2,1H3. The predicted octanol–water partition coefficient (Wildman–Crippen LogP) is 4.09. The normalized spacial score (nSPS) is 14.4. The highest BCUT2D eigenvalue weighted by Crippen LogP contribution is 2.29. The summed E-state index contributed by atoms with van der Waals surface area (Å²) in [5.41, 5.74) is 3.09. The number of aryl methyl sites for hydroxylation is 2. The highest BCUT2D eigenvalue weighted by molar-refractivity contribution is 7.99. The lowest BCUT2D eigenvalue weighted by atomic mass is 9.92. The van der Waals surface area contributed by atoms with Gasteiger partial charge in [-0.1, -0.05) is 18.2 Å². The van der Waals surface area contributed by atoms with Crippen molar-refractivity contribution in [2.24, 2.45) is 0 Å².